The molecule has 0 aliphatic heterocycles. The summed E-state index contributed by atoms with van der Waals surface area (Å²) in [5.41, 5.74) is 1.10. The standard InChI is InChI=1S/C15H16O3/c1-10(16)18-15-12-7-3-2-6-11(12)13(15)8-4-5-9-14(15)17/h2-3,6-7,13H,4-5,8-9H2,1H3. The monoisotopic (exact) mass is 244 g/mol. The Hall–Kier alpha value is -1.64. The summed E-state index contributed by atoms with van der Waals surface area (Å²) in [5, 5.41) is 0. The molecular formula is C15H16O3. The van der Waals surface area contributed by atoms with Crippen LogP contribution in [0.4, 0.5) is 0 Å². The van der Waals surface area contributed by atoms with Gasteiger partial charge in [-0.2, -0.15) is 0 Å². The molecule has 0 N–H and O–H groups in total. The smallest absolute Gasteiger partial charge is 0.303 e. The van der Waals surface area contributed by atoms with Crippen molar-refractivity contribution in [3.63, 3.8) is 0 Å². The van der Waals surface area contributed by atoms with Crippen molar-refractivity contribution in [3.8, 4) is 0 Å². The van der Waals surface area contributed by atoms with Crippen LogP contribution in [0, 0.1) is 0 Å². The van der Waals surface area contributed by atoms with E-state index in [1.54, 1.807) is 0 Å². The molecule has 0 amide bonds. The van der Waals surface area contributed by atoms with Gasteiger partial charge < -0.3 is 4.74 Å². The zero-order valence-corrected chi connectivity index (χ0v) is 10.4. The van der Waals surface area contributed by atoms with Gasteiger partial charge in [0.1, 0.15) is 0 Å². The van der Waals surface area contributed by atoms with E-state index in [1.807, 2.05) is 24.3 Å². The SMILES string of the molecule is CC(=O)OC12C(=O)CCCCC1c1ccccc12. The minimum atomic E-state index is -0.973. The molecule has 3 rings (SSSR count). The van der Waals surface area contributed by atoms with E-state index in [9.17, 15) is 9.59 Å². The molecule has 1 aromatic rings. The molecule has 1 aromatic carbocycles. The highest BCUT2D eigenvalue weighted by Crippen LogP contribution is 2.57. The summed E-state index contributed by atoms with van der Waals surface area (Å²) in [4.78, 5) is 23.8. The third-order valence-electron chi connectivity index (χ3n) is 4.09. The Kier molecular flexibility index (Phi) is 2.51. The molecule has 2 aliphatic carbocycles. The minimum Gasteiger partial charge on any atom is -0.446 e. The van der Waals surface area contributed by atoms with Crippen LogP contribution >= 0.6 is 0 Å². The van der Waals surface area contributed by atoms with Crippen LogP contribution < -0.4 is 0 Å². The van der Waals surface area contributed by atoms with E-state index in [4.69, 9.17) is 4.74 Å². The summed E-state index contributed by atoms with van der Waals surface area (Å²) in [7, 11) is 0. The molecule has 0 radical (unpaired) electrons. The van der Waals surface area contributed by atoms with Gasteiger partial charge in [0.2, 0.25) is 5.60 Å². The van der Waals surface area contributed by atoms with Gasteiger partial charge in [0.05, 0.1) is 0 Å². The maximum atomic E-state index is 12.4. The van der Waals surface area contributed by atoms with Crippen molar-refractivity contribution >= 4 is 11.8 Å². The maximum absolute atomic E-state index is 12.4. The number of benzene rings is 1. The number of ether oxygens (including phenoxy) is 1. The summed E-state index contributed by atoms with van der Waals surface area (Å²) in [6.45, 7) is 1.38. The zero-order chi connectivity index (χ0) is 12.8. The van der Waals surface area contributed by atoms with Crippen molar-refractivity contribution in [2.75, 3.05) is 0 Å². The van der Waals surface area contributed by atoms with E-state index in [0.717, 1.165) is 24.8 Å². The first-order valence-electron chi connectivity index (χ1n) is 6.48. The first-order chi connectivity index (χ1) is 8.66. The fourth-order valence-electron chi connectivity index (χ4n) is 3.40. The van der Waals surface area contributed by atoms with Gasteiger partial charge in [-0.1, -0.05) is 30.7 Å². The molecule has 2 unspecified atom stereocenters. The van der Waals surface area contributed by atoms with Gasteiger partial charge in [-0.25, -0.2) is 0 Å². The highest BCUT2D eigenvalue weighted by atomic mass is 16.6. The van der Waals surface area contributed by atoms with Gasteiger partial charge >= 0.3 is 5.97 Å². The van der Waals surface area contributed by atoms with E-state index in [1.165, 1.54) is 12.5 Å². The van der Waals surface area contributed by atoms with Crippen molar-refractivity contribution in [2.45, 2.75) is 44.1 Å². The number of Topliss-reactive ketones (excluding diaryl/α,β-unsaturated/α-hetero) is 1. The number of fused-ring (bicyclic) bond motifs is 4. The molecule has 0 aromatic heterocycles. The van der Waals surface area contributed by atoms with Crippen LogP contribution in [0.15, 0.2) is 24.3 Å². The predicted octanol–water partition coefficient (Wildman–Crippen LogP) is 2.69. The molecule has 2 atom stereocenters. The highest BCUT2D eigenvalue weighted by molar-refractivity contribution is 5.95. The largest absolute Gasteiger partial charge is 0.446 e. The lowest BCUT2D eigenvalue weighted by Crippen LogP contribution is -2.52. The molecule has 0 heterocycles. The lowest BCUT2D eigenvalue weighted by atomic mass is 9.61. The summed E-state index contributed by atoms with van der Waals surface area (Å²) in [6, 6.07) is 7.84. The molecule has 0 spiro atoms. The van der Waals surface area contributed by atoms with Crippen LogP contribution in [0.3, 0.4) is 0 Å². The van der Waals surface area contributed by atoms with Crippen molar-refractivity contribution in [1.29, 1.82) is 0 Å². The average Bonchev–Trinajstić information content (AvgIpc) is 2.46. The molecule has 1 fully saturated rings. The lowest BCUT2D eigenvalue weighted by molar-refractivity contribution is -0.174. The van der Waals surface area contributed by atoms with Crippen LogP contribution in [0.25, 0.3) is 0 Å². The van der Waals surface area contributed by atoms with E-state index >= 15 is 0 Å². The Morgan fingerprint density at radius 3 is 2.89 bits per heavy atom. The fourth-order valence-corrected chi connectivity index (χ4v) is 3.40. The summed E-state index contributed by atoms with van der Waals surface area (Å²) in [6.07, 6.45) is 3.36. The van der Waals surface area contributed by atoms with Crippen LogP contribution in [-0.2, 0) is 19.9 Å². The van der Waals surface area contributed by atoms with Gasteiger partial charge in [-0.15, -0.1) is 0 Å². The summed E-state index contributed by atoms with van der Waals surface area (Å²) < 4.78 is 5.51. The normalized spacial score (nSPS) is 29.6. The Labute approximate surface area is 106 Å². The molecule has 3 heteroatoms. The van der Waals surface area contributed by atoms with E-state index in [2.05, 4.69) is 0 Å². The van der Waals surface area contributed by atoms with Gasteiger partial charge in [-0.3, -0.25) is 9.59 Å². The zero-order valence-electron chi connectivity index (χ0n) is 10.4. The molecule has 3 nitrogen and oxygen atoms in total. The van der Waals surface area contributed by atoms with Gasteiger partial charge in [-0.05, 0) is 18.4 Å². The summed E-state index contributed by atoms with van der Waals surface area (Å²) >= 11 is 0. The predicted molar refractivity (Wildman–Crippen MR) is 66.1 cm³/mol. The molecule has 2 aliphatic rings. The number of carbonyl (C=O) groups is 2. The van der Waals surface area contributed by atoms with Crippen LogP contribution in [-0.4, -0.2) is 11.8 Å². The first kappa shape index (κ1) is 11.5. The minimum absolute atomic E-state index is 0.0626. The van der Waals surface area contributed by atoms with E-state index in [0.29, 0.717) is 6.42 Å². The second-order valence-electron chi connectivity index (χ2n) is 5.14. The number of rotatable bonds is 1. The van der Waals surface area contributed by atoms with Crippen LogP contribution in [0.1, 0.15) is 49.7 Å². The lowest BCUT2D eigenvalue weighted by Gasteiger charge is -2.48. The van der Waals surface area contributed by atoms with Crippen LogP contribution in [0.2, 0.25) is 0 Å². The third kappa shape index (κ3) is 1.36. The van der Waals surface area contributed by atoms with Gasteiger partial charge in [0.15, 0.2) is 5.78 Å². The van der Waals surface area contributed by atoms with Crippen molar-refractivity contribution < 1.29 is 14.3 Å². The molecule has 18 heavy (non-hydrogen) atoms. The van der Waals surface area contributed by atoms with E-state index < -0.39 is 5.60 Å². The second-order valence-corrected chi connectivity index (χ2v) is 5.14. The summed E-state index contributed by atoms with van der Waals surface area (Å²) in [5.74, 6) is -0.240. The number of carbonyl (C=O) groups excluding carboxylic acids is 2. The molecule has 1 saturated carbocycles. The first-order valence-corrected chi connectivity index (χ1v) is 6.48. The van der Waals surface area contributed by atoms with Gasteiger partial charge in [0, 0.05) is 24.8 Å². The fraction of sp³-hybridized carbons (Fsp3) is 0.467. The average molecular weight is 244 g/mol. The number of ketones is 1. The van der Waals surface area contributed by atoms with Crippen molar-refractivity contribution in [1.82, 2.24) is 0 Å². The number of esters is 1. The number of hydrogen-bond acceptors (Lipinski definition) is 3. The van der Waals surface area contributed by atoms with Crippen molar-refractivity contribution in [2.24, 2.45) is 0 Å². The number of hydrogen-bond donors (Lipinski definition) is 0. The topological polar surface area (TPSA) is 43.4 Å². The Balaban J connectivity index is 2.13. The third-order valence-corrected chi connectivity index (χ3v) is 4.09. The Bertz CT molecular complexity index is 520. The molecule has 94 valence electrons. The van der Waals surface area contributed by atoms with Crippen LogP contribution in [0.5, 0.6) is 0 Å². The Morgan fingerprint density at radius 2 is 2.11 bits per heavy atom. The van der Waals surface area contributed by atoms with E-state index in [-0.39, 0.29) is 17.7 Å². The maximum Gasteiger partial charge on any atom is 0.303 e. The molecule has 0 bridgehead atoms. The van der Waals surface area contributed by atoms with Gasteiger partial charge in [0.25, 0.3) is 0 Å². The molecule has 0 saturated heterocycles. The van der Waals surface area contributed by atoms with Crippen molar-refractivity contribution in [3.05, 3.63) is 35.4 Å². The molecular weight excluding hydrogens is 228 g/mol. The Morgan fingerprint density at radius 1 is 1.33 bits per heavy atom. The second kappa shape index (κ2) is 3.94. The quantitative estimate of drug-likeness (QED) is 0.713. The highest BCUT2D eigenvalue weighted by Gasteiger charge is 2.59.